The number of hydrogen-bond donors (Lipinski definition) is 1. The quantitative estimate of drug-likeness (QED) is 0.697. The van der Waals surface area contributed by atoms with E-state index in [0.717, 1.165) is 10.6 Å². The average molecular weight is 395 g/mol. The summed E-state index contributed by atoms with van der Waals surface area (Å²) in [6.45, 7) is 3.60. The number of sulfonamides is 1. The van der Waals surface area contributed by atoms with Gasteiger partial charge in [-0.15, -0.1) is 0 Å². The van der Waals surface area contributed by atoms with Crippen LogP contribution in [-0.4, -0.2) is 33.7 Å². The molecule has 0 spiro atoms. The molecule has 2 aromatic carbocycles. The van der Waals surface area contributed by atoms with E-state index in [1.807, 2.05) is 0 Å². The molecule has 0 unspecified atom stereocenters. The largest absolute Gasteiger partial charge is 0.490 e. The third-order valence-corrected chi connectivity index (χ3v) is 4.70. The third kappa shape index (κ3) is 5.79. The van der Waals surface area contributed by atoms with Gasteiger partial charge in [0.1, 0.15) is 18.9 Å². The number of benzene rings is 2. The van der Waals surface area contributed by atoms with Crippen molar-refractivity contribution in [3.63, 3.8) is 0 Å². The van der Waals surface area contributed by atoms with E-state index in [0.29, 0.717) is 28.8 Å². The first-order valence-electron chi connectivity index (χ1n) is 7.66. The van der Waals surface area contributed by atoms with Crippen LogP contribution in [0.25, 0.3) is 0 Å². The first-order valence-corrected chi connectivity index (χ1v) is 9.89. The number of hydrogen-bond acceptors (Lipinski definition) is 4. The molecule has 8 heteroatoms. The molecule has 0 fully saturated rings. The third-order valence-electron chi connectivity index (χ3n) is 3.31. The molecule has 0 atom stereocenters. The van der Waals surface area contributed by atoms with Gasteiger partial charge in [-0.25, -0.2) is 8.42 Å². The summed E-state index contributed by atoms with van der Waals surface area (Å²) in [4.78, 5) is 12.3. The van der Waals surface area contributed by atoms with Gasteiger partial charge in [-0.05, 0) is 48.5 Å². The highest BCUT2D eigenvalue weighted by Gasteiger charge is 2.20. The van der Waals surface area contributed by atoms with Gasteiger partial charge in [0.2, 0.25) is 15.9 Å². The molecule has 0 saturated heterocycles. The molecule has 0 radical (unpaired) electrons. The van der Waals surface area contributed by atoms with Crippen molar-refractivity contribution in [2.45, 2.75) is 0 Å². The van der Waals surface area contributed by atoms with Crippen LogP contribution in [0.5, 0.6) is 5.75 Å². The van der Waals surface area contributed by atoms with Crippen LogP contribution >= 0.6 is 11.6 Å². The Morgan fingerprint density at radius 3 is 2.35 bits per heavy atom. The van der Waals surface area contributed by atoms with Crippen LogP contribution in [0.4, 0.5) is 11.4 Å². The lowest BCUT2D eigenvalue weighted by molar-refractivity contribution is -0.114. The van der Waals surface area contributed by atoms with Crippen molar-refractivity contribution < 1.29 is 17.9 Å². The molecule has 0 bridgehead atoms. The minimum Gasteiger partial charge on any atom is -0.490 e. The normalized spacial score (nSPS) is 10.8. The molecule has 0 saturated carbocycles. The highest BCUT2D eigenvalue weighted by atomic mass is 35.5. The van der Waals surface area contributed by atoms with Crippen molar-refractivity contribution in [3.8, 4) is 5.75 Å². The number of nitrogens with one attached hydrogen (secondary N) is 1. The van der Waals surface area contributed by atoms with Gasteiger partial charge in [0.05, 0.1) is 11.9 Å². The van der Waals surface area contributed by atoms with Crippen LogP contribution in [0.3, 0.4) is 0 Å². The zero-order chi connectivity index (χ0) is 19.2. The van der Waals surface area contributed by atoms with Crippen LogP contribution < -0.4 is 14.4 Å². The van der Waals surface area contributed by atoms with Gasteiger partial charge in [0.25, 0.3) is 0 Å². The topological polar surface area (TPSA) is 75.7 Å². The number of halogens is 1. The Labute approximate surface area is 158 Å². The molecule has 1 N–H and O–H groups in total. The highest BCUT2D eigenvalue weighted by Crippen LogP contribution is 2.21. The van der Waals surface area contributed by atoms with Crippen LogP contribution in [-0.2, 0) is 14.8 Å². The minimum absolute atomic E-state index is 0.352. The van der Waals surface area contributed by atoms with Crippen molar-refractivity contribution in [2.75, 3.05) is 29.0 Å². The summed E-state index contributed by atoms with van der Waals surface area (Å²) in [6, 6.07) is 13.0. The van der Waals surface area contributed by atoms with E-state index in [-0.39, 0.29) is 6.54 Å². The molecule has 138 valence electrons. The second-order valence-corrected chi connectivity index (χ2v) is 7.76. The molecule has 0 aliphatic rings. The second-order valence-electron chi connectivity index (χ2n) is 5.42. The van der Waals surface area contributed by atoms with Crippen molar-refractivity contribution in [2.24, 2.45) is 0 Å². The van der Waals surface area contributed by atoms with Gasteiger partial charge >= 0.3 is 0 Å². The van der Waals surface area contributed by atoms with E-state index in [4.69, 9.17) is 16.3 Å². The summed E-state index contributed by atoms with van der Waals surface area (Å²) in [6.07, 6.45) is 2.67. The number of anilines is 2. The molecule has 0 aromatic heterocycles. The lowest BCUT2D eigenvalue weighted by atomic mass is 10.3. The van der Waals surface area contributed by atoms with Crippen LogP contribution in [0.1, 0.15) is 0 Å². The standard InChI is InChI=1S/C18H19ClN2O4S/c1-3-12-25-17-10-6-15(7-11-17)20-18(22)13-21(26(2,23)24)16-8-4-14(19)5-9-16/h3-11H,1,12-13H2,2H3,(H,20,22). The number of amides is 1. The summed E-state index contributed by atoms with van der Waals surface area (Å²) >= 11 is 5.83. The maximum absolute atomic E-state index is 12.3. The molecule has 0 heterocycles. The smallest absolute Gasteiger partial charge is 0.245 e. The number of carbonyl (C=O) groups excluding carboxylic acids is 1. The zero-order valence-electron chi connectivity index (χ0n) is 14.2. The predicted octanol–water partition coefficient (Wildman–Crippen LogP) is 3.31. The predicted molar refractivity (Wildman–Crippen MR) is 104 cm³/mol. The number of ether oxygens (including phenoxy) is 1. The SMILES string of the molecule is C=CCOc1ccc(NC(=O)CN(c2ccc(Cl)cc2)S(C)(=O)=O)cc1. The molecule has 0 aliphatic carbocycles. The van der Waals surface area contributed by atoms with E-state index in [2.05, 4.69) is 11.9 Å². The van der Waals surface area contributed by atoms with Crippen molar-refractivity contribution in [3.05, 3.63) is 66.2 Å². The molecule has 26 heavy (non-hydrogen) atoms. The Balaban J connectivity index is 2.07. The van der Waals surface area contributed by atoms with Gasteiger partial charge in [-0.3, -0.25) is 9.10 Å². The molecule has 2 rings (SSSR count). The van der Waals surface area contributed by atoms with E-state index in [9.17, 15) is 13.2 Å². The van der Waals surface area contributed by atoms with Crippen molar-refractivity contribution in [1.82, 2.24) is 0 Å². The van der Waals surface area contributed by atoms with Gasteiger partial charge < -0.3 is 10.1 Å². The monoisotopic (exact) mass is 394 g/mol. The molecule has 0 aliphatic heterocycles. The Bertz CT molecular complexity index is 865. The Morgan fingerprint density at radius 2 is 1.81 bits per heavy atom. The number of nitrogens with zero attached hydrogens (tertiary/aromatic N) is 1. The van der Waals surface area contributed by atoms with E-state index in [1.54, 1.807) is 54.6 Å². The maximum atomic E-state index is 12.3. The Kier molecular flexibility index (Phi) is 6.65. The first-order chi connectivity index (χ1) is 12.3. The summed E-state index contributed by atoms with van der Waals surface area (Å²) in [5.41, 5.74) is 0.894. The Morgan fingerprint density at radius 1 is 1.19 bits per heavy atom. The first kappa shape index (κ1) is 19.8. The summed E-state index contributed by atoms with van der Waals surface area (Å²) < 4.78 is 30.5. The van der Waals surface area contributed by atoms with E-state index < -0.39 is 15.9 Å². The summed E-state index contributed by atoms with van der Waals surface area (Å²) in [5.74, 6) is 0.173. The van der Waals surface area contributed by atoms with Gasteiger partial charge in [0, 0.05) is 10.7 Å². The van der Waals surface area contributed by atoms with Crippen LogP contribution in [0, 0.1) is 0 Å². The maximum Gasteiger partial charge on any atom is 0.245 e. The summed E-state index contributed by atoms with van der Waals surface area (Å²) in [5, 5.41) is 3.14. The fourth-order valence-electron chi connectivity index (χ4n) is 2.13. The van der Waals surface area contributed by atoms with Gasteiger partial charge in [-0.2, -0.15) is 0 Å². The number of carbonyl (C=O) groups is 1. The minimum atomic E-state index is -3.64. The summed E-state index contributed by atoms with van der Waals surface area (Å²) in [7, 11) is -3.64. The Hall–Kier alpha value is -2.51. The average Bonchev–Trinajstić information content (AvgIpc) is 2.59. The fourth-order valence-corrected chi connectivity index (χ4v) is 3.11. The van der Waals surface area contributed by atoms with Crippen molar-refractivity contribution >= 4 is 38.9 Å². The fraction of sp³-hybridized carbons (Fsp3) is 0.167. The lowest BCUT2D eigenvalue weighted by Gasteiger charge is -2.22. The molecular weight excluding hydrogens is 376 g/mol. The molecular formula is C18H19ClN2O4S. The van der Waals surface area contributed by atoms with Gasteiger partial charge in [0.15, 0.2) is 0 Å². The second kappa shape index (κ2) is 8.73. The van der Waals surface area contributed by atoms with Crippen molar-refractivity contribution in [1.29, 1.82) is 0 Å². The zero-order valence-corrected chi connectivity index (χ0v) is 15.8. The number of rotatable bonds is 8. The van der Waals surface area contributed by atoms with E-state index >= 15 is 0 Å². The molecule has 1 amide bonds. The lowest BCUT2D eigenvalue weighted by Crippen LogP contribution is -2.37. The van der Waals surface area contributed by atoms with E-state index in [1.165, 1.54) is 0 Å². The molecule has 6 nitrogen and oxygen atoms in total. The van der Waals surface area contributed by atoms with Crippen LogP contribution in [0.15, 0.2) is 61.2 Å². The molecule has 2 aromatic rings. The highest BCUT2D eigenvalue weighted by molar-refractivity contribution is 7.92. The van der Waals surface area contributed by atoms with Crippen LogP contribution in [0.2, 0.25) is 5.02 Å². The van der Waals surface area contributed by atoms with Gasteiger partial charge in [-0.1, -0.05) is 24.3 Å².